The van der Waals surface area contributed by atoms with E-state index in [-0.39, 0.29) is 6.04 Å². The van der Waals surface area contributed by atoms with Gasteiger partial charge in [-0.3, -0.25) is 0 Å². The quantitative estimate of drug-likeness (QED) is 0.855. The Morgan fingerprint density at radius 3 is 3.17 bits per heavy atom. The fourth-order valence-corrected chi connectivity index (χ4v) is 2.26. The molecule has 0 aliphatic carbocycles. The summed E-state index contributed by atoms with van der Waals surface area (Å²) in [6, 6.07) is 4.06. The summed E-state index contributed by atoms with van der Waals surface area (Å²) in [6.45, 7) is 3.87. The summed E-state index contributed by atoms with van der Waals surface area (Å²) in [5.74, 6) is 2.37. The van der Waals surface area contributed by atoms with Crippen molar-refractivity contribution in [1.29, 1.82) is 0 Å². The van der Waals surface area contributed by atoms with Crippen LogP contribution in [0.4, 0.5) is 0 Å². The van der Waals surface area contributed by atoms with Gasteiger partial charge in [-0.15, -0.1) is 10.2 Å². The van der Waals surface area contributed by atoms with E-state index in [2.05, 4.69) is 32.0 Å². The molecule has 1 unspecified atom stereocenters. The Morgan fingerprint density at radius 2 is 2.33 bits per heavy atom. The van der Waals surface area contributed by atoms with Gasteiger partial charge in [-0.2, -0.15) is 0 Å². The molecule has 1 atom stereocenters. The van der Waals surface area contributed by atoms with Gasteiger partial charge < -0.3 is 14.6 Å². The first-order chi connectivity index (χ1) is 8.81. The molecule has 0 saturated heterocycles. The minimum Gasteiger partial charge on any atom is -0.480 e. The Hall–Kier alpha value is -1.95. The Morgan fingerprint density at radius 1 is 1.44 bits per heavy atom. The lowest BCUT2D eigenvalue weighted by molar-refractivity contribution is 0.398. The second-order valence-electron chi connectivity index (χ2n) is 4.27. The van der Waals surface area contributed by atoms with Crippen LogP contribution in [0.3, 0.4) is 0 Å². The number of ether oxygens (including phenoxy) is 1. The number of nitrogens with zero attached hydrogens (tertiary/aromatic N) is 4. The highest BCUT2D eigenvalue weighted by Gasteiger charge is 2.23. The number of hydrogen-bond donors (Lipinski definition) is 1. The van der Waals surface area contributed by atoms with Crippen LogP contribution in [0.5, 0.6) is 5.88 Å². The summed E-state index contributed by atoms with van der Waals surface area (Å²) >= 11 is 0. The van der Waals surface area contributed by atoms with Crippen LogP contribution in [0.1, 0.15) is 18.8 Å². The summed E-state index contributed by atoms with van der Waals surface area (Å²) in [6.07, 6.45) is 1.71. The van der Waals surface area contributed by atoms with Gasteiger partial charge in [-0.05, 0) is 19.1 Å². The van der Waals surface area contributed by atoms with Crippen molar-refractivity contribution in [3.8, 4) is 17.3 Å². The molecular formula is C12H15N5O. The Balaban J connectivity index is 2.13. The molecule has 0 spiro atoms. The molecular weight excluding hydrogens is 230 g/mol. The van der Waals surface area contributed by atoms with Gasteiger partial charge in [0.1, 0.15) is 5.82 Å². The smallest absolute Gasteiger partial charge is 0.224 e. The standard InChI is InChI=1S/C12H15N5O/c1-8-10-15-16-11(17(10)7-6-13-8)9-4-3-5-14-12(9)18-2/h3-5,8,13H,6-7H2,1-2H3. The molecule has 0 radical (unpaired) electrons. The fourth-order valence-electron chi connectivity index (χ4n) is 2.26. The molecule has 0 amide bonds. The zero-order valence-electron chi connectivity index (χ0n) is 10.4. The predicted octanol–water partition coefficient (Wildman–Crippen LogP) is 1.01. The van der Waals surface area contributed by atoms with E-state index in [0.29, 0.717) is 5.88 Å². The maximum absolute atomic E-state index is 5.28. The molecule has 1 aliphatic heterocycles. The third-order valence-electron chi connectivity index (χ3n) is 3.16. The minimum absolute atomic E-state index is 0.225. The van der Waals surface area contributed by atoms with Gasteiger partial charge in [0.15, 0.2) is 5.82 Å². The van der Waals surface area contributed by atoms with E-state index in [1.165, 1.54) is 0 Å². The largest absolute Gasteiger partial charge is 0.480 e. The van der Waals surface area contributed by atoms with Crippen molar-refractivity contribution in [3.63, 3.8) is 0 Å². The van der Waals surface area contributed by atoms with Crippen molar-refractivity contribution in [2.75, 3.05) is 13.7 Å². The lowest BCUT2D eigenvalue weighted by Gasteiger charge is -2.22. The molecule has 0 aromatic carbocycles. The topological polar surface area (TPSA) is 64.9 Å². The first kappa shape index (κ1) is 11.2. The summed E-state index contributed by atoms with van der Waals surface area (Å²) in [4.78, 5) is 4.20. The number of hydrogen-bond acceptors (Lipinski definition) is 5. The van der Waals surface area contributed by atoms with Crippen molar-refractivity contribution in [2.24, 2.45) is 0 Å². The van der Waals surface area contributed by atoms with E-state index < -0.39 is 0 Å². The molecule has 18 heavy (non-hydrogen) atoms. The molecule has 2 aromatic rings. The van der Waals surface area contributed by atoms with Crippen LogP contribution in [-0.2, 0) is 6.54 Å². The van der Waals surface area contributed by atoms with E-state index in [4.69, 9.17) is 4.74 Å². The number of aromatic nitrogens is 4. The van der Waals surface area contributed by atoms with Crippen molar-refractivity contribution < 1.29 is 4.74 Å². The SMILES string of the molecule is COc1ncccc1-c1nnc2n1CCNC2C. The summed E-state index contributed by atoms with van der Waals surface area (Å²) in [7, 11) is 1.61. The second-order valence-corrected chi connectivity index (χ2v) is 4.27. The molecule has 6 heteroatoms. The first-order valence-electron chi connectivity index (χ1n) is 5.97. The summed E-state index contributed by atoms with van der Waals surface area (Å²) in [5, 5.41) is 11.9. The molecule has 94 valence electrons. The minimum atomic E-state index is 0.225. The lowest BCUT2D eigenvalue weighted by atomic mass is 10.2. The van der Waals surface area contributed by atoms with Crippen molar-refractivity contribution >= 4 is 0 Å². The molecule has 3 rings (SSSR count). The van der Waals surface area contributed by atoms with Crippen LogP contribution >= 0.6 is 0 Å². The monoisotopic (exact) mass is 245 g/mol. The van der Waals surface area contributed by atoms with Crippen LogP contribution < -0.4 is 10.1 Å². The van der Waals surface area contributed by atoms with E-state index >= 15 is 0 Å². The predicted molar refractivity (Wildman–Crippen MR) is 66.2 cm³/mol. The molecule has 6 nitrogen and oxygen atoms in total. The number of methoxy groups -OCH3 is 1. The Labute approximate surface area is 105 Å². The van der Waals surface area contributed by atoms with Gasteiger partial charge in [0, 0.05) is 19.3 Å². The summed E-state index contributed by atoms with van der Waals surface area (Å²) in [5.41, 5.74) is 0.882. The average Bonchev–Trinajstić information content (AvgIpc) is 2.84. The Bertz CT molecular complexity index is 565. The van der Waals surface area contributed by atoms with Crippen LogP contribution in [0.2, 0.25) is 0 Å². The molecule has 0 bridgehead atoms. The highest BCUT2D eigenvalue weighted by Crippen LogP contribution is 2.28. The average molecular weight is 245 g/mol. The third-order valence-corrected chi connectivity index (χ3v) is 3.16. The van der Waals surface area contributed by atoms with Gasteiger partial charge in [0.25, 0.3) is 0 Å². The van der Waals surface area contributed by atoms with Gasteiger partial charge in [0.05, 0.1) is 18.7 Å². The second kappa shape index (κ2) is 4.38. The number of rotatable bonds is 2. The van der Waals surface area contributed by atoms with Crippen molar-refractivity contribution in [3.05, 3.63) is 24.2 Å². The lowest BCUT2D eigenvalue weighted by Crippen LogP contribution is -2.32. The molecule has 1 N–H and O–H groups in total. The van der Waals surface area contributed by atoms with Gasteiger partial charge in [-0.1, -0.05) is 0 Å². The zero-order chi connectivity index (χ0) is 12.5. The maximum atomic E-state index is 5.28. The maximum Gasteiger partial charge on any atom is 0.224 e. The van der Waals surface area contributed by atoms with Crippen LogP contribution in [0.15, 0.2) is 18.3 Å². The first-order valence-corrected chi connectivity index (χ1v) is 5.97. The third kappa shape index (κ3) is 1.65. The summed E-state index contributed by atoms with van der Waals surface area (Å²) < 4.78 is 7.40. The van der Waals surface area contributed by atoms with E-state index in [9.17, 15) is 0 Å². The normalized spacial score (nSPS) is 18.4. The number of nitrogens with one attached hydrogen (secondary N) is 1. The fraction of sp³-hybridized carbons (Fsp3) is 0.417. The van der Waals surface area contributed by atoms with Crippen LogP contribution in [-0.4, -0.2) is 33.4 Å². The van der Waals surface area contributed by atoms with Crippen LogP contribution in [0.25, 0.3) is 11.4 Å². The van der Waals surface area contributed by atoms with Crippen LogP contribution in [0, 0.1) is 0 Å². The van der Waals surface area contributed by atoms with E-state index in [1.54, 1.807) is 13.3 Å². The molecule has 2 aromatic heterocycles. The highest BCUT2D eigenvalue weighted by molar-refractivity contribution is 5.61. The zero-order valence-corrected chi connectivity index (χ0v) is 10.4. The van der Waals surface area contributed by atoms with E-state index in [1.807, 2.05) is 12.1 Å². The van der Waals surface area contributed by atoms with Crippen molar-refractivity contribution in [1.82, 2.24) is 25.1 Å². The molecule has 0 fully saturated rings. The number of fused-ring (bicyclic) bond motifs is 1. The van der Waals surface area contributed by atoms with Gasteiger partial charge in [0.2, 0.25) is 5.88 Å². The van der Waals surface area contributed by atoms with Gasteiger partial charge >= 0.3 is 0 Å². The molecule has 3 heterocycles. The Kier molecular flexibility index (Phi) is 2.71. The van der Waals surface area contributed by atoms with Crippen molar-refractivity contribution in [2.45, 2.75) is 19.5 Å². The number of pyridine rings is 1. The van der Waals surface area contributed by atoms with Gasteiger partial charge in [-0.25, -0.2) is 4.98 Å². The molecule has 1 aliphatic rings. The molecule has 0 saturated carbocycles. The highest BCUT2D eigenvalue weighted by atomic mass is 16.5. The van der Waals surface area contributed by atoms with E-state index in [0.717, 1.165) is 30.3 Å².